The van der Waals surface area contributed by atoms with Crippen LogP contribution in [-0.2, 0) is 14.8 Å². The van der Waals surface area contributed by atoms with E-state index in [9.17, 15) is 13.2 Å². The molecule has 0 saturated carbocycles. The predicted octanol–water partition coefficient (Wildman–Crippen LogP) is 2.22. The van der Waals surface area contributed by atoms with Crippen molar-refractivity contribution in [2.45, 2.75) is 18.7 Å². The highest BCUT2D eigenvalue weighted by Crippen LogP contribution is 2.22. The molecule has 1 aliphatic heterocycles. The van der Waals surface area contributed by atoms with Crippen LogP contribution in [0.5, 0.6) is 11.5 Å². The molecule has 0 atom stereocenters. The van der Waals surface area contributed by atoms with Gasteiger partial charge in [-0.05, 0) is 49.7 Å². The number of nitrogens with zero attached hydrogens (tertiary/aromatic N) is 2. The molecule has 1 amide bonds. The maximum atomic E-state index is 12.9. The molecule has 0 aliphatic carbocycles. The van der Waals surface area contributed by atoms with E-state index in [1.165, 1.54) is 4.31 Å². The van der Waals surface area contributed by atoms with Crippen LogP contribution < -0.4 is 9.47 Å². The van der Waals surface area contributed by atoms with E-state index < -0.39 is 10.0 Å². The topological polar surface area (TPSA) is 76.2 Å². The van der Waals surface area contributed by atoms with E-state index in [0.717, 1.165) is 11.1 Å². The Labute approximate surface area is 171 Å². The van der Waals surface area contributed by atoms with Crippen LogP contribution in [0.4, 0.5) is 0 Å². The zero-order valence-corrected chi connectivity index (χ0v) is 17.7. The summed E-state index contributed by atoms with van der Waals surface area (Å²) in [6, 6.07) is 12.3. The van der Waals surface area contributed by atoms with Crippen LogP contribution in [0.15, 0.2) is 47.4 Å². The molecule has 1 fully saturated rings. The number of carbonyl (C=O) groups excluding carboxylic acids is 1. The van der Waals surface area contributed by atoms with Crippen molar-refractivity contribution in [1.82, 2.24) is 9.21 Å². The summed E-state index contributed by atoms with van der Waals surface area (Å²) in [6.07, 6.45) is 0. The molecular weight excluding hydrogens is 392 g/mol. The number of hydrogen-bond donors (Lipinski definition) is 0. The van der Waals surface area contributed by atoms with Crippen LogP contribution in [0, 0.1) is 13.8 Å². The van der Waals surface area contributed by atoms with E-state index in [1.54, 1.807) is 55.3 Å². The van der Waals surface area contributed by atoms with Gasteiger partial charge in [-0.2, -0.15) is 4.31 Å². The first kappa shape index (κ1) is 21.1. The summed E-state index contributed by atoms with van der Waals surface area (Å²) in [5.41, 5.74) is 1.75. The number of carbonyl (C=O) groups is 1. The summed E-state index contributed by atoms with van der Waals surface area (Å²) >= 11 is 0. The van der Waals surface area contributed by atoms with Crippen molar-refractivity contribution < 1.29 is 22.7 Å². The lowest BCUT2D eigenvalue weighted by atomic mass is 10.2. The van der Waals surface area contributed by atoms with Crippen LogP contribution in [0.3, 0.4) is 0 Å². The summed E-state index contributed by atoms with van der Waals surface area (Å²) in [6.45, 7) is 4.87. The van der Waals surface area contributed by atoms with Gasteiger partial charge in [0.2, 0.25) is 10.0 Å². The second kappa shape index (κ2) is 8.84. The Morgan fingerprint density at radius 3 is 2.17 bits per heavy atom. The number of methoxy groups -OCH3 is 1. The minimum Gasteiger partial charge on any atom is -0.497 e. The van der Waals surface area contributed by atoms with E-state index in [4.69, 9.17) is 9.47 Å². The second-order valence-electron chi connectivity index (χ2n) is 7.02. The van der Waals surface area contributed by atoms with Crippen molar-refractivity contribution in [1.29, 1.82) is 0 Å². The third-order valence-corrected chi connectivity index (χ3v) is 7.02. The number of piperazine rings is 1. The normalized spacial score (nSPS) is 15.2. The van der Waals surface area contributed by atoms with Gasteiger partial charge in [0.15, 0.2) is 6.61 Å². The van der Waals surface area contributed by atoms with Crippen molar-refractivity contribution in [3.63, 3.8) is 0 Å². The Kier molecular flexibility index (Phi) is 6.44. The van der Waals surface area contributed by atoms with E-state index in [2.05, 4.69) is 0 Å². The Bertz CT molecular complexity index is 965. The summed E-state index contributed by atoms with van der Waals surface area (Å²) in [4.78, 5) is 14.4. The molecule has 1 aliphatic rings. The lowest BCUT2D eigenvalue weighted by Gasteiger charge is -2.34. The number of sulfonamides is 1. The Hall–Kier alpha value is -2.58. The fourth-order valence-corrected chi connectivity index (χ4v) is 4.94. The highest BCUT2D eigenvalue weighted by molar-refractivity contribution is 7.89. The molecule has 8 heteroatoms. The molecule has 0 bridgehead atoms. The third kappa shape index (κ3) is 4.89. The number of amides is 1. The first-order valence-electron chi connectivity index (χ1n) is 9.43. The SMILES string of the molecule is COc1ccc(OCC(=O)N2CCN(S(=O)(=O)c3ccc(C)cc3C)CC2)cc1. The summed E-state index contributed by atoms with van der Waals surface area (Å²) < 4.78 is 38.0. The second-order valence-corrected chi connectivity index (χ2v) is 8.92. The minimum atomic E-state index is -3.57. The predicted molar refractivity (Wildman–Crippen MR) is 110 cm³/mol. The van der Waals surface area contributed by atoms with Crippen molar-refractivity contribution in [2.75, 3.05) is 39.9 Å². The van der Waals surface area contributed by atoms with Crippen molar-refractivity contribution in [3.8, 4) is 11.5 Å². The molecule has 29 heavy (non-hydrogen) atoms. The molecule has 0 aromatic heterocycles. The van der Waals surface area contributed by atoms with Gasteiger partial charge in [0.1, 0.15) is 11.5 Å². The number of rotatable bonds is 6. The monoisotopic (exact) mass is 418 g/mol. The van der Waals surface area contributed by atoms with Crippen LogP contribution in [0.25, 0.3) is 0 Å². The summed E-state index contributed by atoms with van der Waals surface area (Å²) in [5.74, 6) is 1.13. The van der Waals surface area contributed by atoms with Gasteiger partial charge in [0.25, 0.3) is 5.91 Å². The van der Waals surface area contributed by atoms with Gasteiger partial charge >= 0.3 is 0 Å². The van der Waals surface area contributed by atoms with Gasteiger partial charge in [-0.15, -0.1) is 0 Å². The van der Waals surface area contributed by atoms with Crippen LogP contribution in [0.1, 0.15) is 11.1 Å². The molecule has 156 valence electrons. The minimum absolute atomic E-state index is 0.0872. The highest BCUT2D eigenvalue weighted by atomic mass is 32.2. The first-order chi connectivity index (χ1) is 13.8. The average molecular weight is 419 g/mol. The average Bonchev–Trinajstić information content (AvgIpc) is 2.72. The Morgan fingerprint density at radius 2 is 1.59 bits per heavy atom. The van der Waals surface area contributed by atoms with Gasteiger partial charge < -0.3 is 14.4 Å². The number of aryl methyl sites for hydroxylation is 2. The molecule has 0 unspecified atom stereocenters. The summed E-state index contributed by atoms with van der Waals surface area (Å²) in [7, 11) is -1.99. The largest absolute Gasteiger partial charge is 0.497 e. The third-order valence-electron chi connectivity index (χ3n) is 4.96. The van der Waals surface area contributed by atoms with Crippen LogP contribution >= 0.6 is 0 Å². The zero-order valence-electron chi connectivity index (χ0n) is 16.9. The molecule has 1 saturated heterocycles. The molecule has 1 heterocycles. The maximum Gasteiger partial charge on any atom is 0.260 e. The standard InChI is InChI=1S/C21H26N2O5S/c1-16-4-9-20(17(2)14-16)29(25,26)23-12-10-22(11-13-23)21(24)15-28-19-7-5-18(27-3)6-8-19/h4-9,14H,10-13,15H2,1-3H3. The van der Waals surface area contributed by atoms with Crippen LogP contribution in [0.2, 0.25) is 0 Å². The fourth-order valence-electron chi connectivity index (χ4n) is 3.31. The van der Waals surface area contributed by atoms with E-state index in [0.29, 0.717) is 29.5 Å². The van der Waals surface area contributed by atoms with E-state index in [1.807, 2.05) is 13.0 Å². The lowest BCUT2D eigenvalue weighted by Crippen LogP contribution is -2.51. The first-order valence-corrected chi connectivity index (χ1v) is 10.9. The lowest BCUT2D eigenvalue weighted by molar-refractivity contribution is -0.134. The number of hydrogen-bond acceptors (Lipinski definition) is 5. The van der Waals surface area contributed by atoms with Gasteiger partial charge in [-0.25, -0.2) is 8.42 Å². The molecule has 2 aromatic rings. The highest BCUT2D eigenvalue weighted by Gasteiger charge is 2.31. The molecule has 0 spiro atoms. The van der Waals surface area contributed by atoms with Crippen molar-refractivity contribution in [3.05, 3.63) is 53.6 Å². The molecule has 3 rings (SSSR count). The molecule has 7 nitrogen and oxygen atoms in total. The van der Waals surface area contributed by atoms with Gasteiger partial charge in [0.05, 0.1) is 12.0 Å². The van der Waals surface area contributed by atoms with Gasteiger partial charge in [0, 0.05) is 26.2 Å². The fraction of sp³-hybridized carbons (Fsp3) is 0.381. The zero-order chi connectivity index (χ0) is 21.0. The molecular formula is C21H26N2O5S. The van der Waals surface area contributed by atoms with Crippen LogP contribution in [-0.4, -0.2) is 63.4 Å². The number of benzene rings is 2. The molecule has 2 aromatic carbocycles. The Balaban J connectivity index is 1.55. The molecule has 0 radical (unpaired) electrons. The smallest absolute Gasteiger partial charge is 0.260 e. The van der Waals surface area contributed by atoms with E-state index >= 15 is 0 Å². The molecule has 0 N–H and O–H groups in total. The van der Waals surface area contributed by atoms with Gasteiger partial charge in [-0.3, -0.25) is 4.79 Å². The maximum absolute atomic E-state index is 12.9. The van der Waals surface area contributed by atoms with Gasteiger partial charge in [-0.1, -0.05) is 17.7 Å². The summed E-state index contributed by atoms with van der Waals surface area (Å²) in [5, 5.41) is 0. The quantitative estimate of drug-likeness (QED) is 0.719. The van der Waals surface area contributed by atoms with E-state index in [-0.39, 0.29) is 25.6 Å². The Morgan fingerprint density at radius 1 is 0.966 bits per heavy atom. The van der Waals surface area contributed by atoms with Crippen molar-refractivity contribution >= 4 is 15.9 Å². The van der Waals surface area contributed by atoms with Crippen molar-refractivity contribution in [2.24, 2.45) is 0 Å². The number of ether oxygens (including phenoxy) is 2.